The van der Waals surface area contributed by atoms with Crippen LogP contribution in [0, 0.1) is 11.3 Å². The van der Waals surface area contributed by atoms with Crippen LogP contribution >= 0.6 is 0 Å². The van der Waals surface area contributed by atoms with Crippen LogP contribution in [-0.4, -0.2) is 48.2 Å². The van der Waals surface area contributed by atoms with Gasteiger partial charge >= 0.3 is 0 Å². The Balaban J connectivity index is 1.76. The molecule has 1 N–H and O–H groups in total. The number of aromatic nitrogens is 1. The fourth-order valence-electron chi connectivity index (χ4n) is 2.65. The minimum atomic E-state index is 0.0673. The van der Waals surface area contributed by atoms with E-state index in [0.29, 0.717) is 11.7 Å². The first-order valence-corrected chi connectivity index (χ1v) is 7.19. The highest BCUT2D eigenvalue weighted by Crippen LogP contribution is 2.12. The highest BCUT2D eigenvalue weighted by atomic mass is 16.5. The van der Waals surface area contributed by atoms with Gasteiger partial charge in [-0.15, -0.1) is 0 Å². The second kappa shape index (κ2) is 7.25. The van der Waals surface area contributed by atoms with E-state index in [2.05, 4.69) is 11.4 Å². The van der Waals surface area contributed by atoms with Crippen molar-refractivity contribution < 1.29 is 9.53 Å². The molecule has 6 nitrogen and oxygen atoms in total. The molecule has 21 heavy (non-hydrogen) atoms. The van der Waals surface area contributed by atoms with Crippen molar-refractivity contribution in [3.8, 4) is 6.07 Å². The van der Waals surface area contributed by atoms with Gasteiger partial charge in [0, 0.05) is 46.0 Å². The molecule has 1 fully saturated rings. The number of hydrogen-bond donors (Lipinski definition) is 1. The van der Waals surface area contributed by atoms with E-state index in [9.17, 15) is 4.79 Å². The van der Waals surface area contributed by atoms with E-state index >= 15 is 0 Å². The average Bonchev–Trinajstić information content (AvgIpc) is 2.86. The number of likely N-dealkylation sites (tertiary alicyclic amines) is 1. The highest BCUT2D eigenvalue weighted by Gasteiger charge is 2.22. The molecule has 1 aromatic rings. The van der Waals surface area contributed by atoms with E-state index in [1.54, 1.807) is 7.11 Å². The lowest BCUT2D eigenvalue weighted by molar-refractivity contribution is -0.136. The molecule has 1 saturated heterocycles. The molecule has 1 aliphatic rings. The van der Waals surface area contributed by atoms with Gasteiger partial charge in [0.2, 0.25) is 5.91 Å². The van der Waals surface area contributed by atoms with Crippen molar-refractivity contribution in [2.24, 2.45) is 7.05 Å². The smallest absolute Gasteiger partial charge is 0.248 e. The van der Waals surface area contributed by atoms with Gasteiger partial charge in [0.25, 0.3) is 0 Å². The summed E-state index contributed by atoms with van der Waals surface area (Å²) in [5.74, 6) is 0.0673. The van der Waals surface area contributed by atoms with E-state index in [1.807, 2.05) is 28.8 Å². The maximum atomic E-state index is 11.7. The number of aryl methyl sites for hydroxylation is 1. The van der Waals surface area contributed by atoms with Crippen LogP contribution in [0.3, 0.4) is 0 Å². The Morgan fingerprint density at radius 2 is 2.24 bits per heavy atom. The molecule has 1 aliphatic heterocycles. The summed E-state index contributed by atoms with van der Waals surface area (Å²) in [4.78, 5) is 13.6. The van der Waals surface area contributed by atoms with Crippen molar-refractivity contribution in [1.82, 2.24) is 14.8 Å². The summed E-state index contributed by atoms with van der Waals surface area (Å²) < 4.78 is 6.71. The number of nitrogens with one attached hydrogen (secondary N) is 1. The Morgan fingerprint density at radius 1 is 1.52 bits per heavy atom. The molecule has 114 valence electrons. The van der Waals surface area contributed by atoms with Gasteiger partial charge in [-0.05, 0) is 24.5 Å². The number of amides is 1. The molecule has 0 atom stereocenters. The van der Waals surface area contributed by atoms with Gasteiger partial charge in [-0.3, -0.25) is 4.79 Å². The quantitative estimate of drug-likeness (QED) is 0.863. The first-order chi connectivity index (χ1) is 10.1. The minimum absolute atomic E-state index is 0.0673. The fraction of sp³-hybridized carbons (Fsp3) is 0.600. The van der Waals surface area contributed by atoms with Crippen molar-refractivity contribution >= 4 is 5.91 Å². The predicted octanol–water partition coefficient (Wildman–Crippen LogP) is 0.624. The average molecular weight is 290 g/mol. The zero-order valence-corrected chi connectivity index (χ0v) is 12.6. The molecular weight excluding hydrogens is 268 g/mol. The Morgan fingerprint density at radius 3 is 2.81 bits per heavy atom. The minimum Gasteiger partial charge on any atom is -0.375 e. The standard InChI is InChI=1S/C15H22N4O2/c1-18-10-12(7-14(18)8-16)9-17-13-3-5-19(6-4-13)15(20)11-21-2/h7,10,13,17H,3-6,9,11H2,1-2H3. The number of methoxy groups -OCH3 is 1. The van der Waals surface area contributed by atoms with Gasteiger partial charge in [-0.25, -0.2) is 0 Å². The number of piperidine rings is 1. The van der Waals surface area contributed by atoms with Gasteiger partial charge in [0.05, 0.1) is 0 Å². The molecule has 6 heteroatoms. The van der Waals surface area contributed by atoms with Crippen LogP contribution in [0.5, 0.6) is 0 Å². The van der Waals surface area contributed by atoms with Gasteiger partial charge in [0.1, 0.15) is 18.4 Å². The van der Waals surface area contributed by atoms with E-state index in [-0.39, 0.29) is 12.5 Å². The molecule has 0 bridgehead atoms. The monoisotopic (exact) mass is 290 g/mol. The summed E-state index contributed by atoms with van der Waals surface area (Å²) in [7, 11) is 3.42. The Labute approximate surface area is 125 Å². The number of rotatable bonds is 5. The second-order valence-corrected chi connectivity index (χ2v) is 5.43. The molecular formula is C15H22N4O2. The topological polar surface area (TPSA) is 70.3 Å². The van der Waals surface area contributed by atoms with Gasteiger partial charge in [-0.1, -0.05) is 0 Å². The molecule has 2 heterocycles. The van der Waals surface area contributed by atoms with Crippen LogP contribution in [-0.2, 0) is 23.1 Å². The SMILES string of the molecule is COCC(=O)N1CCC(NCc2cc(C#N)n(C)c2)CC1. The third kappa shape index (κ3) is 4.06. The summed E-state index contributed by atoms with van der Waals surface area (Å²) >= 11 is 0. The predicted molar refractivity (Wildman–Crippen MR) is 78.4 cm³/mol. The van der Waals surface area contributed by atoms with Crippen molar-refractivity contribution in [2.45, 2.75) is 25.4 Å². The fourth-order valence-corrected chi connectivity index (χ4v) is 2.65. The largest absolute Gasteiger partial charge is 0.375 e. The molecule has 2 rings (SSSR count). The van der Waals surface area contributed by atoms with Crippen molar-refractivity contribution in [3.05, 3.63) is 23.5 Å². The van der Waals surface area contributed by atoms with Crippen LogP contribution < -0.4 is 5.32 Å². The van der Waals surface area contributed by atoms with Crippen LogP contribution in [0.1, 0.15) is 24.1 Å². The van der Waals surface area contributed by atoms with E-state index in [1.165, 1.54) is 0 Å². The zero-order valence-electron chi connectivity index (χ0n) is 12.6. The first-order valence-electron chi connectivity index (χ1n) is 7.19. The van der Waals surface area contributed by atoms with Crippen LogP contribution in [0.2, 0.25) is 0 Å². The molecule has 0 unspecified atom stereocenters. The molecule has 0 radical (unpaired) electrons. The number of nitriles is 1. The van der Waals surface area contributed by atoms with Gasteiger partial charge < -0.3 is 19.5 Å². The Hall–Kier alpha value is -1.84. The number of carbonyl (C=O) groups is 1. The highest BCUT2D eigenvalue weighted by molar-refractivity contribution is 5.77. The molecule has 1 aromatic heterocycles. The molecule has 0 spiro atoms. The van der Waals surface area contributed by atoms with Gasteiger partial charge in [-0.2, -0.15) is 5.26 Å². The molecule has 0 aliphatic carbocycles. The Kier molecular flexibility index (Phi) is 5.37. The molecule has 0 aromatic carbocycles. The number of nitrogens with zero attached hydrogens (tertiary/aromatic N) is 3. The summed E-state index contributed by atoms with van der Waals surface area (Å²) in [5, 5.41) is 12.4. The number of hydrogen-bond acceptors (Lipinski definition) is 4. The normalized spacial score (nSPS) is 16.0. The zero-order chi connectivity index (χ0) is 15.2. The number of ether oxygens (including phenoxy) is 1. The molecule has 0 saturated carbocycles. The Bertz CT molecular complexity index is 524. The lowest BCUT2D eigenvalue weighted by Gasteiger charge is -2.32. The van der Waals surface area contributed by atoms with E-state index < -0.39 is 0 Å². The number of carbonyl (C=O) groups excluding carboxylic acids is 1. The third-order valence-corrected chi connectivity index (χ3v) is 3.89. The van der Waals surface area contributed by atoms with Gasteiger partial charge in [0.15, 0.2) is 0 Å². The van der Waals surface area contributed by atoms with Crippen molar-refractivity contribution in [2.75, 3.05) is 26.8 Å². The second-order valence-electron chi connectivity index (χ2n) is 5.43. The van der Waals surface area contributed by atoms with E-state index in [0.717, 1.165) is 38.0 Å². The third-order valence-electron chi connectivity index (χ3n) is 3.89. The summed E-state index contributed by atoms with van der Waals surface area (Å²) in [6.07, 6.45) is 3.88. The van der Waals surface area contributed by atoms with Crippen molar-refractivity contribution in [3.63, 3.8) is 0 Å². The lowest BCUT2D eigenvalue weighted by atomic mass is 10.0. The van der Waals surface area contributed by atoms with Crippen LogP contribution in [0.15, 0.2) is 12.3 Å². The van der Waals surface area contributed by atoms with Crippen molar-refractivity contribution in [1.29, 1.82) is 5.26 Å². The maximum absolute atomic E-state index is 11.7. The lowest BCUT2D eigenvalue weighted by Crippen LogP contribution is -2.45. The summed E-state index contributed by atoms with van der Waals surface area (Å²) in [6.45, 7) is 2.47. The first kappa shape index (κ1) is 15.5. The van der Waals surface area contributed by atoms with Crippen LogP contribution in [0.4, 0.5) is 0 Å². The molecule has 1 amide bonds. The summed E-state index contributed by atoms with van der Waals surface area (Å²) in [5.41, 5.74) is 1.79. The van der Waals surface area contributed by atoms with E-state index in [4.69, 9.17) is 10.00 Å². The maximum Gasteiger partial charge on any atom is 0.248 e. The van der Waals surface area contributed by atoms with Crippen LogP contribution in [0.25, 0.3) is 0 Å². The summed E-state index contributed by atoms with van der Waals surface area (Å²) in [6, 6.07) is 4.49.